The van der Waals surface area contributed by atoms with E-state index in [1.165, 1.54) is 37.7 Å². The maximum absolute atomic E-state index is 13.6. The molecule has 0 aliphatic carbocycles. The largest absolute Gasteiger partial charge is 0.497 e. The molecule has 6 heteroatoms. The number of benzene rings is 2. The number of carbonyl (C=O) groups is 1. The minimum Gasteiger partial charge on any atom is -0.497 e. The summed E-state index contributed by atoms with van der Waals surface area (Å²) in [6, 6.07) is 9.57. The summed E-state index contributed by atoms with van der Waals surface area (Å²) in [5.41, 5.74) is 1.84. The topological polar surface area (TPSA) is 48.4 Å². The Labute approximate surface area is 130 Å². The number of halogens is 1. The number of esters is 1. The highest BCUT2D eigenvalue weighted by Crippen LogP contribution is 2.33. The van der Waals surface area contributed by atoms with E-state index >= 15 is 0 Å². The number of rotatable bonds is 3. The molecule has 0 radical (unpaired) electrons. The zero-order valence-corrected chi connectivity index (χ0v) is 12.7. The molecule has 0 aliphatic heterocycles. The van der Waals surface area contributed by atoms with Gasteiger partial charge in [-0.05, 0) is 30.3 Å². The average molecular weight is 317 g/mol. The third-order valence-corrected chi connectivity index (χ3v) is 4.23. The minimum atomic E-state index is -0.399. The van der Waals surface area contributed by atoms with E-state index in [1.807, 2.05) is 0 Å². The molecule has 0 saturated heterocycles. The Morgan fingerprint density at radius 2 is 2.00 bits per heavy atom. The van der Waals surface area contributed by atoms with Gasteiger partial charge in [0, 0.05) is 11.6 Å². The first-order valence-electron chi connectivity index (χ1n) is 6.44. The number of ether oxygens (including phenoxy) is 2. The Hall–Kier alpha value is -2.47. The standard InChI is InChI=1S/C16H12FNO3S/c1-20-12-6-10(5-11(17)8-12)15-18-13-4-3-9(16(19)21-2)7-14(13)22-15/h3-8H,1-2H3. The minimum absolute atomic E-state index is 0.385. The molecule has 3 rings (SSSR count). The van der Waals surface area contributed by atoms with Crippen molar-refractivity contribution in [1.29, 1.82) is 0 Å². The molecule has 22 heavy (non-hydrogen) atoms. The van der Waals surface area contributed by atoms with Gasteiger partial charge in [0.15, 0.2) is 0 Å². The van der Waals surface area contributed by atoms with Crippen molar-refractivity contribution in [3.05, 3.63) is 47.8 Å². The molecule has 0 bridgehead atoms. The second kappa shape index (κ2) is 5.73. The SMILES string of the molecule is COC(=O)c1ccc2nc(-c3cc(F)cc(OC)c3)sc2c1. The van der Waals surface area contributed by atoms with E-state index in [-0.39, 0.29) is 5.82 Å². The number of carbonyl (C=O) groups excluding carboxylic acids is 1. The molecule has 0 N–H and O–H groups in total. The molecule has 112 valence electrons. The van der Waals surface area contributed by atoms with Crippen LogP contribution in [0.1, 0.15) is 10.4 Å². The van der Waals surface area contributed by atoms with Crippen LogP contribution in [0.4, 0.5) is 4.39 Å². The molecule has 3 aromatic rings. The number of methoxy groups -OCH3 is 2. The molecule has 0 aliphatic rings. The first kappa shape index (κ1) is 14.5. The summed E-state index contributed by atoms with van der Waals surface area (Å²) in [4.78, 5) is 16.0. The van der Waals surface area contributed by atoms with E-state index in [9.17, 15) is 9.18 Å². The molecule has 1 aromatic heterocycles. The summed E-state index contributed by atoms with van der Waals surface area (Å²) in [6.07, 6.45) is 0. The van der Waals surface area contributed by atoms with Gasteiger partial charge in [-0.3, -0.25) is 0 Å². The highest BCUT2D eigenvalue weighted by molar-refractivity contribution is 7.21. The number of nitrogens with zero attached hydrogens (tertiary/aromatic N) is 1. The molecule has 0 atom stereocenters. The Balaban J connectivity index is 2.08. The first-order chi connectivity index (χ1) is 10.6. The van der Waals surface area contributed by atoms with E-state index in [1.54, 1.807) is 24.3 Å². The first-order valence-corrected chi connectivity index (χ1v) is 7.26. The lowest BCUT2D eigenvalue weighted by atomic mass is 10.2. The van der Waals surface area contributed by atoms with Crippen molar-refractivity contribution >= 4 is 27.5 Å². The Morgan fingerprint density at radius 1 is 1.18 bits per heavy atom. The zero-order chi connectivity index (χ0) is 15.7. The maximum atomic E-state index is 13.6. The number of aromatic nitrogens is 1. The van der Waals surface area contributed by atoms with Gasteiger partial charge in [-0.25, -0.2) is 14.2 Å². The van der Waals surface area contributed by atoms with Crippen molar-refractivity contribution in [2.24, 2.45) is 0 Å². The molecule has 4 nitrogen and oxygen atoms in total. The third-order valence-electron chi connectivity index (χ3n) is 3.16. The second-order valence-corrected chi connectivity index (χ2v) is 5.60. The summed E-state index contributed by atoms with van der Waals surface area (Å²) in [5.74, 6) is -0.349. The average Bonchev–Trinajstić information content (AvgIpc) is 2.96. The molecule has 0 unspecified atom stereocenters. The molecule has 0 spiro atoms. The van der Waals surface area contributed by atoms with Crippen molar-refractivity contribution in [2.45, 2.75) is 0 Å². The molecule has 0 saturated carbocycles. The van der Waals surface area contributed by atoms with Crippen LogP contribution in [-0.4, -0.2) is 25.2 Å². The van der Waals surface area contributed by atoms with Crippen LogP contribution in [0.15, 0.2) is 36.4 Å². The van der Waals surface area contributed by atoms with Gasteiger partial charge in [0.05, 0.1) is 30.0 Å². The van der Waals surface area contributed by atoms with Crippen LogP contribution in [0.25, 0.3) is 20.8 Å². The van der Waals surface area contributed by atoms with Crippen LogP contribution < -0.4 is 4.74 Å². The fourth-order valence-electron chi connectivity index (χ4n) is 2.10. The second-order valence-electron chi connectivity index (χ2n) is 4.57. The van der Waals surface area contributed by atoms with Gasteiger partial charge in [0.1, 0.15) is 16.6 Å². The Morgan fingerprint density at radius 3 is 2.73 bits per heavy atom. The lowest BCUT2D eigenvalue weighted by molar-refractivity contribution is 0.0601. The molecule has 0 fully saturated rings. The predicted molar refractivity (Wildman–Crippen MR) is 82.9 cm³/mol. The molecule has 2 aromatic carbocycles. The van der Waals surface area contributed by atoms with Gasteiger partial charge in [0.25, 0.3) is 0 Å². The van der Waals surface area contributed by atoms with Crippen LogP contribution >= 0.6 is 11.3 Å². The maximum Gasteiger partial charge on any atom is 0.337 e. The summed E-state index contributed by atoms with van der Waals surface area (Å²) < 4.78 is 24.2. The van der Waals surface area contributed by atoms with Gasteiger partial charge in [0.2, 0.25) is 0 Å². The predicted octanol–water partition coefficient (Wildman–Crippen LogP) is 3.90. The van der Waals surface area contributed by atoms with Crippen LogP contribution in [0.2, 0.25) is 0 Å². The normalized spacial score (nSPS) is 10.7. The van der Waals surface area contributed by atoms with Gasteiger partial charge in [-0.15, -0.1) is 11.3 Å². The number of fused-ring (bicyclic) bond motifs is 1. The van der Waals surface area contributed by atoms with Gasteiger partial charge >= 0.3 is 5.97 Å². The van der Waals surface area contributed by atoms with Gasteiger partial charge in [-0.1, -0.05) is 0 Å². The smallest absolute Gasteiger partial charge is 0.337 e. The number of hydrogen-bond acceptors (Lipinski definition) is 5. The van der Waals surface area contributed by atoms with E-state index in [0.29, 0.717) is 21.9 Å². The summed E-state index contributed by atoms with van der Waals surface area (Å²) in [6.45, 7) is 0. The summed E-state index contributed by atoms with van der Waals surface area (Å²) >= 11 is 1.38. The van der Waals surface area contributed by atoms with Crippen molar-refractivity contribution in [3.63, 3.8) is 0 Å². The quantitative estimate of drug-likeness (QED) is 0.688. The Kier molecular flexibility index (Phi) is 3.77. The van der Waals surface area contributed by atoms with Gasteiger partial charge < -0.3 is 9.47 Å². The van der Waals surface area contributed by atoms with E-state index in [4.69, 9.17) is 9.47 Å². The highest BCUT2D eigenvalue weighted by atomic mass is 32.1. The van der Waals surface area contributed by atoms with Crippen molar-refractivity contribution in [2.75, 3.05) is 14.2 Å². The fraction of sp³-hybridized carbons (Fsp3) is 0.125. The van der Waals surface area contributed by atoms with Crippen molar-refractivity contribution in [3.8, 4) is 16.3 Å². The summed E-state index contributed by atoms with van der Waals surface area (Å²) in [7, 11) is 2.82. The van der Waals surface area contributed by atoms with Crippen LogP contribution in [0, 0.1) is 5.82 Å². The fourth-order valence-corrected chi connectivity index (χ4v) is 3.09. The molecule has 1 heterocycles. The number of hydrogen-bond donors (Lipinski definition) is 0. The van der Waals surface area contributed by atoms with Crippen LogP contribution in [-0.2, 0) is 4.74 Å². The lowest BCUT2D eigenvalue weighted by Gasteiger charge is -2.02. The highest BCUT2D eigenvalue weighted by Gasteiger charge is 2.12. The van der Waals surface area contributed by atoms with E-state index in [2.05, 4.69) is 4.98 Å². The van der Waals surface area contributed by atoms with Gasteiger partial charge in [-0.2, -0.15) is 0 Å². The van der Waals surface area contributed by atoms with Crippen molar-refractivity contribution < 1.29 is 18.7 Å². The van der Waals surface area contributed by atoms with Crippen molar-refractivity contribution in [1.82, 2.24) is 4.98 Å². The van der Waals surface area contributed by atoms with Crippen LogP contribution in [0.5, 0.6) is 5.75 Å². The third kappa shape index (κ3) is 2.65. The van der Waals surface area contributed by atoms with E-state index in [0.717, 1.165) is 10.2 Å². The Bertz CT molecular complexity index is 860. The molecule has 0 amide bonds. The molecular formula is C16H12FNO3S. The molecular weight excluding hydrogens is 305 g/mol. The van der Waals surface area contributed by atoms with Crippen LogP contribution in [0.3, 0.4) is 0 Å². The lowest BCUT2D eigenvalue weighted by Crippen LogP contribution is -1.99. The van der Waals surface area contributed by atoms with E-state index < -0.39 is 5.97 Å². The zero-order valence-electron chi connectivity index (χ0n) is 11.9. The number of thiazole rings is 1. The summed E-state index contributed by atoms with van der Waals surface area (Å²) in [5, 5.41) is 0.662. The monoisotopic (exact) mass is 317 g/mol.